The van der Waals surface area contributed by atoms with Gasteiger partial charge in [0.15, 0.2) is 15.5 Å². The fourth-order valence-corrected chi connectivity index (χ4v) is 2.35. The summed E-state index contributed by atoms with van der Waals surface area (Å²) in [6.07, 6.45) is 0. The van der Waals surface area contributed by atoms with Crippen LogP contribution >= 0.6 is 22.6 Å². The maximum atomic E-state index is 8.84. The van der Waals surface area contributed by atoms with Crippen LogP contribution in [0.2, 0.25) is 0 Å². The van der Waals surface area contributed by atoms with E-state index in [9.17, 15) is 0 Å². The van der Waals surface area contributed by atoms with Gasteiger partial charge in [-0.25, -0.2) is 15.0 Å². The highest BCUT2D eigenvalue weighted by molar-refractivity contribution is 14.1. The number of aromatic nitrogens is 3. The predicted octanol–water partition coefficient (Wildman–Crippen LogP) is 3.68. The van der Waals surface area contributed by atoms with Crippen LogP contribution in [0.4, 0.5) is 0 Å². The smallest absolute Gasteiger partial charge is 0.194 e. The number of hydrogen-bond donors (Lipinski definition) is 0. The van der Waals surface area contributed by atoms with Crippen molar-refractivity contribution in [1.29, 1.82) is 5.26 Å². The number of nitrogens with zero attached hydrogens (tertiary/aromatic N) is 4. The normalized spacial score (nSPS) is 10.1. The molecule has 0 atom stereocenters. The summed E-state index contributed by atoms with van der Waals surface area (Å²) in [4.78, 5) is 13.3. The lowest BCUT2D eigenvalue weighted by Gasteiger charge is -2.05. The van der Waals surface area contributed by atoms with E-state index in [1.165, 1.54) is 0 Å². The summed E-state index contributed by atoms with van der Waals surface area (Å²) in [6.45, 7) is 0. The van der Waals surface area contributed by atoms with Gasteiger partial charge in [0.25, 0.3) is 0 Å². The van der Waals surface area contributed by atoms with Crippen LogP contribution in [0.1, 0.15) is 5.56 Å². The molecule has 21 heavy (non-hydrogen) atoms. The third-order valence-electron chi connectivity index (χ3n) is 2.91. The lowest BCUT2D eigenvalue weighted by molar-refractivity contribution is 1.02. The van der Waals surface area contributed by atoms with Gasteiger partial charge in [0.05, 0.1) is 11.6 Å². The minimum Gasteiger partial charge on any atom is -0.208 e. The van der Waals surface area contributed by atoms with E-state index in [1.54, 1.807) is 12.1 Å². The fourth-order valence-electron chi connectivity index (χ4n) is 1.89. The summed E-state index contributed by atoms with van der Waals surface area (Å²) >= 11 is 2.08. The topological polar surface area (TPSA) is 62.5 Å². The number of halogens is 1. The van der Waals surface area contributed by atoms with Crippen molar-refractivity contribution in [3.8, 4) is 28.8 Å². The molecule has 0 radical (unpaired) electrons. The second kappa shape index (κ2) is 5.97. The third kappa shape index (κ3) is 3.06. The van der Waals surface area contributed by atoms with Gasteiger partial charge in [0.2, 0.25) is 0 Å². The molecule has 4 nitrogen and oxygen atoms in total. The van der Waals surface area contributed by atoms with Crippen LogP contribution in [0.5, 0.6) is 0 Å². The van der Waals surface area contributed by atoms with Crippen molar-refractivity contribution in [3.63, 3.8) is 0 Å². The number of benzene rings is 2. The Balaban J connectivity index is 2.07. The van der Waals surface area contributed by atoms with E-state index in [2.05, 4.69) is 43.6 Å². The van der Waals surface area contributed by atoms with Crippen LogP contribution in [-0.2, 0) is 0 Å². The van der Waals surface area contributed by atoms with E-state index in [0.29, 0.717) is 21.0 Å². The zero-order valence-corrected chi connectivity index (χ0v) is 13.0. The molecule has 0 saturated heterocycles. The summed E-state index contributed by atoms with van der Waals surface area (Å²) in [5.74, 6) is 1.26. The van der Waals surface area contributed by atoms with Crippen molar-refractivity contribution in [2.75, 3.05) is 0 Å². The standard InChI is InChI=1S/C16H9IN4/c17-16-20-14(12-4-2-1-3-5-12)19-15(21-16)13-8-6-11(10-18)7-9-13/h1-9H. The molecule has 0 unspecified atom stereocenters. The molecular formula is C16H9IN4. The number of hydrogen-bond acceptors (Lipinski definition) is 4. The van der Waals surface area contributed by atoms with Crippen LogP contribution in [0.3, 0.4) is 0 Å². The van der Waals surface area contributed by atoms with Crippen LogP contribution in [-0.4, -0.2) is 15.0 Å². The van der Waals surface area contributed by atoms with Crippen molar-refractivity contribution in [2.45, 2.75) is 0 Å². The van der Waals surface area contributed by atoms with Gasteiger partial charge in [-0.3, -0.25) is 0 Å². The Hall–Kier alpha value is -2.33. The summed E-state index contributed by atoms with van der Waals surface area (Å²) in [6, 6.07) is 19.1. The molecule has 100 valence electrons. The monoisotopic (exact) mass is 384 g/mol. The van der Waals surface area contributed by atoms with E-state index in [4.69, 9.17) is 5.26 Å². The van der Waals surface area contributed by atoms with E-state index >= 15 is 0 Å². The van der Waals surface area contributed by atoms with E-state index in [-0.39, 0.29) is 0 Å². The minimum absolute atomic E-state index is 0.609. The first-order valence-corrected chi connectivity index (χ1v) is 7.32. The predicted molar refractivity (Wildman–Crippen MR) is 88.1 cm³/mol. The average molecular weight is 384 g/mol. The molecule has 5 heteroatoms. The van der Waals surface area contributed by atoms with Crippen LogP contribution in [0.15, 0.2) is 54.6 Å². The summed E-state index contributed by atoms with van der Waals surface area (Å²) in [5.41, 5.74) is 2.44. The molecular weight excluding hydrogens is 375 g/mol. The lowest BCUT2D eigenvalue weighted by atomic mass is 10.1. The second-order valence-electron chi connectivity index (χ2n) is 4.31. The van der Waals surface area contributed by atoms with Crippen LogP contribution < -0.4 is 0 Å². The lowest BCUT2D eigenvalue weighted by Crippen LogP contribution is -1.99. The Morgan fingerprint density at radius 3 is 1.90 bits per heavy atom. The summed E-state index contributed by atoms with van der Waals surface area (Å²) in [5, 5.41) is 8.84. The zero-order valence-electron chi connectivity index (χ0n) is 10.9. The van der Waals surface area contributed by atoms with Crippen molar-refractivity contribution >= 4 is 22.6 Å². The average Bonchev–Trinajstić information content (AvgIpc) is 2.55. The molecule has 0 bridgehead atoms. The first kappa shape index (κ1) is 13.6. The molecule has 0 spiro atoms. The highest BCUT2D eigenvalue weighted by Crippen LogP contribution is 2.20. The summed E-state index contributed by atoms with van der Waals surface area (Å²) < 4.78 is 0.640. The number of nitriles is 1. The Kier molecular flexibility index (Phi) is 3.88. The highest BCUT2D eigenvalue weighted by Gasteiger charge is 2.08. The molecule has 0 aliphatic carbocycles. The van der Waals surface area contributed by atoms with Gasteiger partial charge in [-0.2, -0.15) is 5.26 Å². The molecule has 0 saturated carbocycles. The van der Waals surface area contributed by atoms with Crippen LogP contribution in [0, 0.1) is 15.2 Å². The molecule has 0 aliphatic rings. The fraction of sp³-hybridized carbons (Fsp3) is 0. The van der Waals surface area contributed by atoms with Crippen molar-refractivity contribution < 1.29 is 0 Å². The van der Waals surface area contributed by atoms with E-state index < -0.39 is 0 Å². The van der Waals surface area contributed by atoms with Gasteiger partial charge < -0.3 is 0 Å². The Morgan fingerprint density at radius 2 is 1.33 bits per heavy atom. The number of rotatable bonds is 2. The SMILES string of the molecule is N#Cc1ccc(-c2nc(I)nc(-c3ccccc3)n2)cc1. The Bertz CT molecular complexity index is 808. The molecule has 0 fully saturated rings. The van der Waals surface area contributed by atoms with Gasteiger partial charge in [0.1, 0.15) is 0 Å². The molecule has 1 aromatic heterocycles. The van der Waals surface area contributed by atoms with Crippen LogP contribution in [0.25, 0.3) is 22.8 Å². The largest absolute Gasteiger partial charge is 0.208 e. The summed E-state index contributed by atoms with van der Waals surface area (Å²) in [7, 11) is 0. The zero-order chi connectivity index (χ0) is 14.7. The first-order valence-electron chi connectivity index (χ1n) is 6.24. The molecule has 0 amide bonds. The maximum Gasteiger partial charge on any atom is 0.194 e. The first-order chi connectivity index (χ1) is 10.3. The van der Waals surface area contributed by atoms with Crippen molar-refractivity contribution in [2.24, 2.45) is 0 Å². The molecule has 3 rings (SSSR count). The van der Waals surface area contributed by atoms with Crippen molar-refractivity contribution in [1.82, 2.24) is 15.0 Å². The molecule has 0 aliphatic heterocycles. The van der Waals surface area contributed by atoms with Gasteiger partial charge in [0, 0.05) is 33.7 Å². The molecule has 2 aromatic carbocycles. The quantitative estimate of drug-likeness (QED) is 0.633. The maximum absolute atomic E-state index is 8.84. The molecule has 1 heterocycles. The van der Waals surface area contributed by atoms with Gasteiger partial charge in [-0.1, -0.05) is 30.3 Å². The van der Waals surface area contributed by atoms with Crippen molar-refractivity contribution in [3.05, 3.63) is 64.0 Å². The Labute approximate surface area is 135 Å². The Morgan fingerprint density at radius 1 is 0.762 bits per heavy atom. The second-order valence-corrected chi connectivity index (χ2v) is 5.27. The van der Waals surface area contributed by atoms with E-state index in [1.807, 2.05) is 42.5 Å². The molecule has 3 aromatic rings. The minimum atomic E-state index is 0.609. The van der Waals surface area contributed by atoms with Gasteiger partial charge >= 0.3 is 0 Å². The van der Waals surface area contributed by atoms with Gasteiger partial charge in [-0.05, 0) is 24.3 Å². The highest BCUT2D eigenvalue weighted by atomic mass is 127. The van der Waals surface area contributed by atoms with Gasteiger partial charge in [-0.15, -0.1) is 0 Å². The third-order valence-corrected chi connectivity index (χ3v) is 3.39. The molecule has 0 N–H and O–H groups in total. The van der Waals surface area contributed by atoms with E-state index in [0.717, 1.165) is 11.1 Å².